The van der Waals surface area contributed by atoms with Crippen molar-refractivity contribution in [1.29, 1.82) is 0 Å². The molecule has 19 heavy (non-hydrogen) atoms. The molecule has 0 aliphatic heterocycles. The molecule has 0 fully saturated rings. The average molecular weight is 313 g/mol. The van der Waals surface area contributed by atoms with Crippen molar-refractivity contribution in [2.45, 2.75) is 6.42 Å². The highest BCUT2D eigenvalue weighted by Crippen LogP contribution is 2.21. The first-order valence-electron chi connectivity index (χ1n) is 6.16. The molecule has 94 valence electrons. The number of benzene rings is 2. The lowest BCUT2D eigenvalue weighted by atomic mass is 10.1. The minimum atomic E-state index is 0.848. The van der Waals surface area contributed by atoms with Gasteiger partial charge in [0.15, 0.2) is 0 Å². The van der Waals surface area contributed by atoms with Crippen LogP contribution in [0.4, 0.5) is 0 Å². The summed E-state index contributed by atoms with van der Waals surface area (Å²) >= 11 is 3.57. The first-order chi connectivity index (χ1) is 9.33. The molecule has 0 unspecified atom stereocenters. The van der Waals surface area contributed by atoms with Gasteiger partial charge in [-0.05, 0) is 17.7 Å². The molecule has 0 atom stereocenters. The Morgan fingerprint density at radius 2 is 1.68 bits per heavy atom. The van der Waals surface area contributed by atoms with Crippen LogP contribution in [0, 0.1) is 0 Å². The van der Waals surface area contributed by atoms with Crippen molar-refractivity contribution in [1.82, 2.24) is 10.2 Å². The molecule has 0 saturated heterocycles. The summed E-state index contributed by atoms with van der Waals surface area (Å²) in [5, 5.41) is 7.48. The zero-order valence-corrected chi connectivity index (χ0v) is 11.9. The largest absolute Gasteiger partial charge is 0.282 e. The predicted octanol–water partition coefficient (Wildman–Crippen LogP) is 4.43. The SMILES string of the molecule is Brc1ccccc1Cc1cc(-c2ccccc2)n[nH]1. The van der Waals surface area contributed by atoms with Gasteiger partial charge in [0.2, 0.25) is 0 Å². The predicted molar refractivity (Wildman–Crippen MR) is 81.0 cm³/mol. The number of hydrogen-bond donors (Lipinski definition) is 1. The first-order valence-corrected chi connectivity index (χ1v) is 6.95. The van der Waals surface area contributed by atoms with Crippen LogP contribution in [0.2, 0.25) is 0 Å². The van der Waals surface area contributed by atoms with Gasteiger partial charge in [0.1, 0.15) is 0 Å². The van der Waals surface area contributed by atoms with Crippen LogP contribution in [-0.4, -0.2) is 10.2 Å². The number of H-pyrrole nitrogens is 1. The van der Waals surface area contributed by atoms with Crippen LogP contribution in [0.5, 0.6) is 0 Å². The second-order valence-corrected chi connectivity index (χ2v) is 5.27. The molecular weight excluding hydrogens is 300 g/mol. The second kappa shape index (κ2) is 5.41. The Labute approximate surface area is 120 Å². The summed E-state index contributed by atoms with van der Waals surface area (Å²) in [5.74, 6) is 0. The summed E-state index contributed by atoms with van der Waals surface area (Å²) in [5.41, 5.74) is 4.50. The summed E-state index contributed by atoms with van der Waals surface area (Å²) in [6, 6.07) is 20.6. The van der Waals surface area contributed by atoms with Gasteiger partial charge in [-0.1, -0.05) is 64.5 Å². The third-order valence-corrected chi connectivity index (χ3v) is 3.81. The first kappa shape index (κ1) is 12.2. The van der Waals surface area contributed by atoms with Crippen LogP contribution in [0.1, 0.15) is 11.3 Å². The molecule has 0 saturated carbocycles. The third-order valence-electron chi connectivity index (χ3n) is 3.04. The van der Waals surface area contributed by atoms with E-state index in [0.717, 1.165) is 27.8 Å². The minimum Gasteiger partial charge on any atom is -0.282 e. The van der Waals surface area contributed by atoms with Crippen molar-refractivity contribution < 1.29 is 0 Å². The monoisotopic (exact) mass is 312 g/mol. The van der Waals surface area contributed by atoms with Gasteiger partial charge < -0.3 is 0 Å². The number of nitrogens with one attached hydrogen (secondary N) is 1. The smallest absolute Gasteiger partial charge is 0.0923 e. The van der Waals surface area contributed by atoms with Gasteiger partial charge in [-0.2, -0.15) is 5.10 Å². The molecule has 3 rings (SSSR count). The van der Waals surface area contributed by atoms with E-state index in [2.05, 4.69) is 62.5 Å². The molecule has 1 heterocycles. The molecule has 0 aliphatic rings. The molecule has 0 radical (unpaired) electrons. The number of aromatic amines is 1. The number of aromatic nitrogens is 2. The molecule has 1 N–H and O–H groups in total. The maximum Gasteiger partial charge on any atom is 0.0923 e. The normalized spacial score (nSPS) is 10.6. The van der Waals surface area contributed by atoms with Gasteiger partial charge in [0.25, 0.3) is 0 Å². The molecule has 3 heteroatoms. The number of rotatable bonds is 3. The van der Waals surface area contributed by atoms with E-state index in [1.807, 2.05) is 24.3 Å². The average Bonchev–Trinajstić information content (AvgIpc) is 2.91. The van der Waals surface area contributed by atoms with E-state index in [1.165, 1.54) is 5.56 Å². The quantitative estimate of drug-likeness (QED) is 0.761. The van der Waals surface area contributed by atoms with E-state index in [4.69, 9.17) is 0 Å². The zero-order valence-electron chi connectivity index (χ0n) is 10.3. The fraction of sp³-hybridized carbons (Fsp3) is 0.0625. The summed E-state index contributed by atoms with van der Waals surface area (Å²) < 4.78 is 1.13. The molecule has 2 aromatic carbocycles. The standard InChI is InChI=1S/C16H13BrN2/c17-15-9-5-4-8-13(15)10-14-11-16(19-18-14)12-6-2-1-3-7-12/h1-9,11H,10H2,(H,18,19). The molecular formula is C16H13BrN2. The van der Waals surface area contributed by atoms with Crippen LogP contribution in [0.25, 0.3) is 11.3 Å². The molecule has 3 aromatic rings. The van der Waals surface area contributed by atoms with Crippen molar-refractivity contribution in [3.8, 4) is 11.3 Å². The van der Waals surface area contributed by atoms with Crippen molar-refractivity contribution in [3.05, 3.63) is 76.4 Å². The Morgan fingerprint density at radius 1 is 0.947 bits per heavy atom. The van der Waals surface area contributed by atoms with Crippen LogP contribution in [0.15, 0.2) is 65.1 Å². The molecule has 2 nitrogen and oxygen atoms in total. The van der Waals surface area contributed by atoms with E-state index in [0.29, 0.717) is 0 Å². The molecule has 0 bridgehead atoms. The minimum absolute atomic E-state index is 0.848. The molecule has 1 aromatic heterocycles. The maximum absolute atomic E-state index is 4.37. The second-order valence-electron chi connectivity index (χ2n) is 4.41. The zero-order chi connectivity index (χ0) is 13.1. The highest BCUT2D eigenvalue weighted by molar-refractivity contribution is 9.10. The van der Waals surface area contributed by atoms with E-state index < -0.39 is 0 Å². The van der Waals surface area contributed by atoms with E-state index in [-0.39, 0.29) is 0 Å². The molecule has 0 amide bonds. The topological polar surface area (TPSA) is 28.7 Å². The highest BCUT2D eigenvalue weighted by Gasteiger charge is 2.05. The van der Waals surface area contributed by atoms with Crippen molar-refractivity contribution >= 4 is 15.9 Å². The van der Waals surface area contributed by atoms with E-state index >= 15 is 0 Å². The van der Waals surface area contributed by atoms with Gasteiger partial charge in [-0.25, -0.2) is 0 Å². The summed E-state index contributed by atoms with van der Waals surface area (Å²) in [7, 11) is 0. The van der Waals surface area contributed by atoms with E-state index in [1.54, 1.807) is 0 Å². The Balaban J connectivity index is 1.85. The van der Waals surface area contributed by atoms with Crippen molar-refractivity contribution in [2.24, 2.45) is 0 Å². The van der Waals surface area contributed by atoms with E-state index in [9.17, 15) is 0 Å². The Kier molecular flexibility index (Phi) is 3.47. The lowest BCUT2D eigenvalue weighted by molar-refractivity contribution is 0.996. The number of hydrogen-bond acceptors (Lipinski definition) is 1. The van der Waals surface area contributed by atoms with Crippen LogP contribution in [0.3, 0.4) is 0 Å². The Bertz CT molecular complexity index is 674. The molecule has 0 spiro atoms. The fourth-order valence-electron chi connectivity index (χ4n) is 2.06. The van der Waals surface area contributed by atoms with Gasteiger partial charge in [0, 0.05) is 22.2 Å². The third kappa shape index (κ3) is 2.76. The van der Waals surface area contributed by atoms with Gasteiger partial charge in [-0.3, -0.25) is 5.10 Å². The highest BCUT2D eigenvalue weighted by atomic mass is 79.9. The van der Waals surface area contributed by atoms with Gasteiger partial charge >= 0.3 is 0 Å². The van der Waals surface area contributed by atoms with Crippen molar-refractivity contribution in [3.63, 3.8) is 0 Å². The lowest BCUT2D eigenvalue weighted by Gasteiger charge is -2.01. The van der Waals surface area contributed by atoms with Crippen LogP contribution < -0.4 is 0 Å². The summed E-state index contributed by atoms with van der Waals surface area (Å²) in [6.07, 6.45) is 0.848. The van der Waals surface area contributed by atoms with Gasteiger partial charge in [0.05, 0.1) is 5.69 Å². The summed E-state index contributed by atoms with van der Waals surface area (Å²) in [4.78, 5) is 0. The Morgan fingerprint density at radius 3 is 2.47 bits per heavy atom. The number of nitrogens with zero attached hydrogens (tertiary/aromatic N) is 1. The maximum atomic E-state index is 4.37. The molecule has 0 aliphatic carbocycles. The van der Waals surface area contributed by atoms with Crippen molar-refractivity contribution in [2.75, 3.05) is 0 Å². The summed E-state index contributed by atoms with van der Waals surface area (Å²) in [6.45, 7) is 0. The number of halogens is 1. The van der Waals surface area contributed by atoms with Gasteiger partial charge in [-0.15, -0.1) is 0 Å². The Hall–Kier alpha value is -1.87. The fourth-order valence-corrected chi connectivity index (χ4v) is 2.48. The van der Waals surface area contributed by atoms with Crippen LogP contribution in [-0.2, 0) is 6.42 Å². The lowest BCUT2D eigenvalue weighted by Crippen LogP contribution is -1.89. The van der Waals surface area contributed by atoms with Crippen LogP contribution >= 0.6 is 15.9 Å².